The second-order valence-corrected chi connectivity index (χ2v) is 7.20. The first-order valence-corrected chi connectivity index (χ1v) is 8.88. The SMILES string of the molecule is CC1CCC(NC(=O)C(=O)Nc2cccc(COCC3CC3)c2)C1. The molecular weight excluding hydrogens is 304 g/mol. The zero-order chi connectivity index (χ0) is 16.9. The van der Waals surface area contributed by atoms with Crippen LogP contribution in [0.3, 0.4) is 0 Å². The largest absolute Gasteiger partial charge is 0.376 e. The van der Waals surface area contributed by atoms with Crippen LogP contribution >= 0.6 is 0 Å². The summed E-state index contributed by atoms with van der Waals surface area (Å²) in [7, 11) is 0. The highest BCUT2D eigenvalue weighted by Gasteiger charge is 2.25. The molecule has 2 aliphatic rings. The summed E-state index contributed by atoms with van der Waals surface area (Å²) >= 11 is 0. The number of ether oxygens (including phenoxy) is 1. The van der Waals surface area contributed by atoms with Crippen LogP contribution in [0.25, 0.3) is 0 Å². The van der Waals surface area contributed by atoms with E-state index in [1.165, 1.54) is 12.8 Å². The third kappa shape index (κ3) is 5.06. The first-order chi connectivity index (χ1) is 11.6. The van der Waals surface area contributed by atoms with Crippen LogP contribution < -0.4 is 10.6 Å². The smallest absolute Gasteiger partial charge is 0.313 e. The van der Waals surface area contributed by atoms with Gasteiger partial charge in [0.15, 0.2) is 0 Å². The highest BCUT2D eigenvalue weighted by molar-refractivity contribution is 6.39. The predicted molar refractivity (Wildman–Crippen MR) is 92.4 cm³/mol. The van der Waals surface area contributed by atoms with Crippen LogP contribution in [0.5, 0.6) is 0 Å². The fraction of sp³-hybridized carbons (Fsp3) is 0.579. The maximum Gasteiger partial charge on any atom is 0.313 e. The van der Waals surface area contributed by atoms with Gasteiger partial charge in [0, 0.05) is 18.3 Å². The van der Waals surface area contributed by atoms with Gasteiger partial charge in [-0.3, -0.25) is 9.59 Å². The standard InChI is InChI=1S/C19H26N2O3/c1-13-5-8-17(9-13)21-19(23)18(22)20-16-4-2-3-15(10-16)12-24-11-14-6-7-14/h2-4,10,13-14,17H,5-9,11-12H2,1H3,(H,20,22)(H,21,23). The summed E-state index contributed by atoms with van der Waals surface area (Å²) in [5, 5.41) is 5.49. The lowest BCUT2D eigenvalue weighted by atomic mass is 10.1. The van der Waals surface area contributed by atoms with E-state index in [1.807, 2.05) is 18.2 Å². The van der Waals surface area contributed by atoms with Gasteiger partial charge in [0.2, 0.25) is 0 Å². The molecule has 0 aliphatic heterocycles. The lowest BCUT2D eigenvalue weighted by Crippen LogP contribution is -2.40. The molecule has 2 saturated carbocycles. The molecule has 3 rings (SSSR count). The molecule has 0 saturated heterocycles. The molecule has 0 bridgehead atoms. The van der Waals surface area contributed by atoms with Crippen molar-refractivity contribution < 1.29 is 14.3 Å². The molecule has 5 heteroatoms. The molecule has 0 radical (unpaired) electrons. The van der Waals surface area contributed by atoms with E-state index in [4.69, 9.17) is 4.74 Å². The summed E-state index contributed by atoms with van der Waals surface area (Å²) in [5.41, 5.74) is 1.63. The minimum atomic E-state index is -0.606. The normalized spacial score (nSPS) is 23.0. The molecule has 0 aromatic heterocycles. The average Bonchev–Trinajstić information content (AvgIpc) is 3.29. The van der Waals surface area contributed by atoms with Crippen molar-refractivity contribution in [3.05, 3.63) is 29.8 Å². The van der Waals surface area contributed by atoms with Crippen molar-refractivity contribution in [3.63, 3.8) is 0 Å². The van der Waals surface area contributed by atoms with Crippen LogP contribution in [-0.4, -0.2) is 24.5 Å². The van der Waals surface area contributed by atoms with Crippen LogP contribution in [-0.2, 0) is 20.9 Å². The quantitative estimate of drug-likeness (QED) is 0.788. The Morgan fingerprint density at radius 2 is 2.00 bits per heavy atom. The van der Waals surface area contributed by atoms with Crippen molar-refractivity contribution in [2.24, 2.45) is 11.8 Å². The van der Waals surface area contributed by atoms with Crippen molar-refractivity contribution in [2.75, 3.05) is 11.9 Å². The predicted octanol–water partition coefficient (Wildman–Crippen LogP) is 2.86. The molecule has 1 aromatic rings. The Bertz CT molecular complexity index is 598. The number of nitrogens with one attached hydrogen (secondary N) is 2. The van der Waals surface area contributed by atoms with E-state index >= 15 is 0 Å². The zero-order valence-corrected chi connectivity index (χ0v) is 14.2. The van der Waals surface area contributed by atoms with Crippen molar-refractivity contribution in [1.82, 2.24) is 5.32 Å². The monoisotopic (exact) mass is 330 g/mol. The van der Waals surface area contributed by atoms with Crippen LogP contribution in [0, 0.1) is 11.8 Å². The Balaban J connectivity index is 1.46. The van der Waals surface area contributed by atoms with E-state index in [1.54, 1.807) is 6.07 Å². The van der Waals surface area contributed by atoms with Crippen molar-refractivity contribution in [2.45, 2.75) is 51.7 Å². The molecule has 2 aliphatic carbocycles. The lowest BCUT2D eigenvalue weighted by molar-refractivity contribution is -0.136. The maximum atomic E-state index is 12.1. The summed E-state index contributed by atoms with van der Waals surface area (Å²) in [6, 6.07) is 7.59. The van der Waals surface area contributed by atoms with Crippen LogP contribution in [0.1, 0.15) is 44.6 Å². The highest BCUT2D eigenvalue weighted by Crippen LogP contribution is 2.29. The Morgan fingerprint density at radius 3 is 2.71 bits per heavy atom. The van der Waals surface area contributed by atoms with E-state index in [9.17, 15) is 9.59 Å². The topological polar surface area (TPSA) is 67.4 Å². The molecule has 2 unspecified atom stereocenters. The van der Waals surface area contributed by atoms with E-state index in [2.05, 4.69) is 17.6 Å². The number of benzene rings is 1. The number of rotatable bonds is 6. The van der Waals surface area contributed by atoms with Gasteiger partial charge < -0.3 is 15.4 Å². The van der Waals surface area contributed by atoms with Crippen LogP contribution in [0.4, 0.5) is 5.69 Å². The fourth-order valence-electron chi connectivity index (χ4n) is 3.14. The van der Waals surface area contributed by atoms with E-state index in [-0.39, 0.29) is 6.04 Å². The molecule has 2 fully saturated rings. The van der Waals surface area contributed by atoms with Gasteiger partial charge in [-0.05, 0) is 61.6 Å². The number of carbonyl (C=O) groups excluding carboxylic acids is 2. The Labute approximate surface area is 143 Å². The van der Waals surface area contributed by atoms with Gasteiger partial charge in [-0.2, -0.15) is 0 Å². The van der Waals surface area contributed by atoms with Crippen molar-refractivity contribution in [1.29, 1.82) is 0 Å². The second kappa shape index (κ2) is 7.79. The minimum Gasteiger partial charge on any atom is -0.376 e. The summed E-state index contributed by atoms with van der Waals surface area (Å²) in [6.45, 7) is 3.51. The molecule has 24 heavy (non-hydrogen) atoms. The first-order valence-electron chi connectivity index (χ1n) is 8.88. The molecule has 2 N–H and O–H groups in total. The molecule has 1 aromatic carbocycles. The minimum absolute atomic E-state index is 0.125. The van der Waals surface area contributed by atoms with E-state index < -0.39 is 11.8 Å². The Kier molecular flexibility index (Phi) is 5.51. The van der Waals surface area contributed by atoms with Crippen LogP contribution in [0.15, 0.2) is 24.3 Å². The van der Waals surface area contributed by atoms with Gasteiger partial charge in [-0.25, -0.2) is 0 Å². The van der Waals surface area contributed by atoms with E-state index in [0.29, 0.717) is 18.2 Å². The average molecular weight is 330 g/mol. The number of hydrogen-bond acceptors (Lipinski definition) is 3. The van der Waals surface area contributed by atoms with Crippen molar-refractivity contribution >= 4 is 17.5 Å². The van der Waals surface area contributed by atoms with E-state index in [0.717, 1.165) is 37.4 Å². The summed E-state index contributed by atoms with van der Waals surface area (Å²) in [5.74, 6) is 0.190. The Hall–Kier alpha value is -1.88. The molecule has 130 valence electrons. The van der Waals surface area contributed by atoms with Gasteiger partial charge >= 0.3 is 11.8 Å². The fourth-order valence-corrected chi connectivity index (χ4v) is 3.14. The molecular formula is C19H26N2O3. The first kappa shape index (κ1) is 17.0. The Morgan fingerprint density at radius 1 is 1.17 bits per heavy atom. The molecule has 0 heterocycles. The molecule has 0 spiro atoms. The highest BCUT2D eigenvalue weighted by atomic mass is 16.5. The van der Waals surface area contributed by atoms with Gasteiger partial charge in [-0.15, -0.1) is 0 Å². The number of carbonyl (C=O) groups is 2. The van der Waals surface area contributed by atoms with Gasteiger partial charge in [-0.1, -0.05) is 19.1 Å². The van der Waals surface area contributed by atoms with Crippen LogP contribution in [0.2, 0.25) is 0 Å². The molecule has 2 atom stereocenters. The maximum absolute atomic E-state index is 12.1. The molecule has 2 amide bonds. The number of hydrogen-bond donors (Lipinski definition) is 2. The third-order valence-electron chi connectivity index (χ3n) is 4.74. The van der Waals surface area contributed by atoms with Crippen molar-refractivity contribution in [3.8, 4) is 0 Å². The number of anilines is 1. The summed E-state index contributed by atoms with van der Waals surface area (Å²) in [6.07, 6.45) is 5.55. The third-order valence-corrected chi connectivity index (χ3v) is 4.74. The van der Waals surface area contributed by atoms with Gasteiger partial charge in [0.1, 0.15) is 0 Å². The number of amides is 2. The summed E-state index contributed by atoms with van der Waals surface area (Å²) < 4.78 is 5.66. The lowest BCUT2D eigenvalue weighted by Gasteiger charge is -2.12. The zero-order valence-electron chi connectivity index (χ0n) is 14.2. The van der Waals surface area contributed by atoms with Gasteiger partial charge in [0.25, 0.3) is 0 Å². The summed E-state index contributed by atoms with van der Waals surface area (Å²) in [4.78, 5) is 24.1. The van der Waals surface area contributed by atoms with Gasteiger partial charge in [0.05, 0.1) is 6.61 Å². The molecule has 5 nitrogen and oxygen atoms in total. The second-order valence-electron chi connectivity index (χ2n) is 7.20.